The van der Waals surface area contributed by atoms with E-state index in [1.807, 2.05) is 30.3 Å². The number of aromatic nitrogens is 3. The number of rotatable bonds is 2. The summed E-state index contributed by atoms with van der Waals surface area (Å²) in [7, 11) is 0. The molecule has 1 atom stereocenters. The molecule has 5 heteroatoms. The predicted molar refractivity (Wildman–Crippen MR) is 76.4 cm³/mol. The molecule has 0 spiro atoms. The van der Waals surface area contributed by atoms with Gasteiger partial charge in [-0.25, -0.2) is 0 Å². The minimum atomic E-state index is 0.438. The Morgan fingerprint density at radius 1 is 1.10 bits per heavy atom. The summed E-state index contributed by atoms with van der Waals surface area (Å²) in [5.41, 5.74) is 2.73. The van der Waals surface area contributed by atoms with Crippen LogP contribution in [-0.4, -0.2) is 15.4 Å². The molecular weight excluding hydrogens is 266 g/mol. The van der Waals surface area contributed by atoms with Gasteiger partial charge in [-0.05, 0) is 30.9 Å². The van der Waals surface area contributed by atoms with Crippen LogP contribution in [0.25, 0.3) is 23.0 Å². The van der Waals surface area contributed by atoms with Gasteiger partial charge in [0, 0.05) is 17.5 Å². The lowest BCUT2D eigenvalue weighted by molar-refractivity contribution is 0.356. The van der Waals surface area contributed by atoms with Crippen LogP contribution in [0.5, 0.6) is 0 Å². The summed E-state index contributed by atoms with van der Waals surface area (Å²) >= 11 is 0. The van der Waals surface area contributed by atoms with Gasteiger partial charge in [0.1, 0.15) is 5.76 Å². The molecule has 0 unspecified atom stereocenters. The minimum absolute atomic E-state index is 0.438. The third-order valence-corrected chi connectivity index (χ3v) is 3.93. The van der Waals surface area contributed by atoms with Gasteiger partial charge in [-0.1, -0.05) is 30.3 Å². The average Bonchev–Trinajstić information content (AvgIpc) is 3.14. The Bertz CT molecular complexity index is 761. The lowest BCUT2D eigenvalue weighted by Gasteiger charge is -2.15. The molecule has 1 aliphatic carbocycles. The first-order valence-electron chi connectivity index (χ1n) is 7.18. The summed E-state index contributed by atoms with van der Waals surface area (Å²) < 4.78 is 11.2. The molecule has 2 heterocycles. The molecule has 0 amide bonds. The largest absolute Gasteiger partial charge is 0.414 e. The van der Waals surface area contributed by atoms with Gasteiger partial charge in [0.15, 0.2) is 5.69 Å². The normalized spacial score (nSPS) is 17.7. The lowest BCUT2D eigenvalue weighted by Crippen LogP contribution is -2.09. The van der Waals surface area contributed by atoms with E-state index in [2.05, 4.69) is 22.3 Å². The van der Waals surface area contributed by atoms with E-state index >= 15 is 0 Å². The second-order valence-corrected chi connectivity index (χ2v) is 5.56. The van der Waals surface area contributed by atoms with Crippen LogP contribution in [0.3, 0.4) is 0 Å². The maximum Gasteiger partial charge on any atom is 0.270 e. The molecule has 0 radical (unpaired) electrons. The molecule has 5 nitrogen and oxygen atoms in total. The zero-order chi connectivity index (χ0) is 14.2. The fourth-order valence-corrected chi connectivity index (χ4v) is 2.76. The van der Waals surface area contributed by atoms with Crippen molar-refractivity contribution in [3.63, 3.8) is 0 Å². The van der Waals surface area contributed by atoms with E-state index < -0.39 is 0 Å². The first-order chi connectivity index (χ1) is 10.3. The molecule has 1 aliphatic rings. The molecule has 3 aromatic rings. The van der Waals surface area contributed by atoms with Crippen LogP contribution in [0, 0.1) is 5.92 Å². The molecule has 21 heavy (non-hydrogen) atoms. The molecule has 4 rings (SSSR count). The number of hydrogen-bond donors (Lipinski definition) is 0. The highest BCUT2D eigenvalue weighted by molar-refractivity contribution is 5.58. The highest BCUT2D eigenvalue weighted by atomic mass is 16.5. The van der Waals surface area contributed by atoms with E-state index in [1.54, 1.807) is 0 Å². The van der Waals surface area contributed by atoms with Crippen molar-refractivity contribution in [2.45, 2.75) is 26.2 Å². The van der Waals surface area contributed by atoms with Crippen LogP contribution >= 0.6 is 0 Å². The van der Waals surface area contributed by atoms with Crippen LogP contribution in [0.2, 0.25) is 0 Å². The van der Waals surface area contributed by atoms with Gasteiger partial charge in [0.25, 0.3) is 5.89 Å². The fourth-order valence-electron chi connectivity index (χ4n) is 2.76. The Labute approximate surface area is 122 Å². The van der Waals surface area contributed by atoms with E-state index in [0.717, 1.165) is 36.1 Å². The molecular formula is C16H15N3O2. The van der Waals surface area contributed by atoms with Crippen molar-refractivity contribution in [3.05, 3.63) is 41.7 Å². The van der Waals surface area contributed by atoms with Gasteiger partial charge >= 0.3 is 0 Å². The summed E-state index contributed by atoms with van der Waals surface area (Å²) in [5, 5.41) is 12.4. The quantitative estimate of drug-likeness (QED) is 0.719. The van der Waals surface area contributed by atoms with Gasteiger partial charge in [-0.3, -0.25) is 0 Å². The second-order valence-electron chi connectivity index (χ2n) is 5.56. The van der Waals surface area contributed by atoms with Crippen LogP contribution < -0.4 is 0 Å². The van der Waals surface area contributed by atoms with Crippen LogP contribution in [-0.2, 0) is 12.8 Å². The summed E-state index contributed by atoms with van der Waals surface area (Å²) in [6.45, 7) is 2.24. The van der Waals surface area contributed by atoms with E-state index in [-0.39, 0.29) is 0 Å². The van der Waals surface area contributed by atoms with Crippen LogP contribution in [0.4, 0.5) is 0 Å². The standard InChI is InChI=1S/C16H15N3O2/c1-10-7-8-13-12(9-10)14(19-21-13)16-18-17-15(20-16)11-5-3-2-4-6-11/h2-6,10H,7-9H2,1H3/t10-/m1/s1. The maximum absolute atomic E-state index is 5.77. The Morgan fingerprint density at radius 3 is 2.76 bits per heavy atom. The average molecular weight is 281 g/mol. The van der Waals surface area contributed by atoms with Gasteiger partial charge < -0.3 is 8.94 Å². The van der Waals surface area contributed by atoms with Crippen LogP contribution in [0.1, 0.15) is 24.7 Å². The number of fused-ring (bicyclic) bond motifs is 1. The van der Waals surface area contributed by atoms with Crippen molar-refractivity contribution in [2.24, 2.45) is 5.92 Å². The summed E-state index contributed by atoms with van der Waals surface area (Å²) in [6, 6.07) is 9.73. The zero-order valence-electron chi connectivity index (χ0n) is 11.7. The molecule has 106 valence electrons. The van der Waals surface area contributed by atoms with E-state index in [9.17, 15) is 0 Å². The van der Waals surface area contributed by atoms with Crippen molar-refractivity contribution < 1.29 is 8.94 Å². The number of aryl methyl sites for hydroxylation is 1. The molecule has 0 bridgehead atoms. The number of hydrogen-bond acceptors (Lipinski definition) is 5. The minimum Gasteiger partial charge on any atom is -0.414 e. The van der Waals surface area contributed by atoms with Gasteiger partial charge in [-0.15, -0.1) is 10.2 Å². The van der Waals surface area contributed by atoms with Gasteiger partial charge in [0.2, 0.25) is 5.89 Å². The molecule has 0 fully saturated rings. The van der Waals surface area contributed by atoms with Crippen molar-refractivity contribution in [1.82, 2.24) is 15.4 Å². The lowest BCUT2D eigenvalue weighted by atomic mass is 9.88. The first kappa shape index (κ1) is 12.3. The van der Waals surface area contributed by atoms with Crippen molar-refractivity contribution in [3.8, 4) is 23.0 Å². The topological polar surface area (TPSA) is 65.0 Å². The monoisotopic (exact) mass is 281 g/mol. The van der Waals surface area contributed by atoms with Crippen molar-refractivity contribution >= 4 is 0 Å². The second kappa shape index (κ2) is 4.84. The van der Waals surface area contributed by atoms with Crippen molar-refractivity contribution in [1.29, 1.82) is 0 Å². The molecule has 0 N–H and O–H groups in total. The van der Waals surface area contributed by atoms with E-state index in [1.165, 1.54) is 0 Å². The summed E-state index contributed by atoms with van der Waals surface area (Å²) in [5.74, 6) is 2.54. The molecule has 1 aromatic carbocycles. The van der Waals surface area contributed by atoms with Crippen LogP contribution in [0.15, 0.2) is 39.3 Å². The first-order valence-corrected chi connectivity index (χ1v) is 7.18. The summed E-state index contributed by atoms with van der Waals surface area (Å²) in [4.78, 5) is 0. The SMILES string of the molecule is C[C@@H]1CCc2onc(-c3nnc(-c4ccccc4)o3)c2C1. The summed E-state index contributed by atoms with van der Waals surface area (Å²) in [6.07, 6.45) is 3.03. The third-order valence-electron chi connectivity index (χ3n) is 3.93. The Balaban J connectivity index is 1.72. The van der Waals surface area contributed by atoms with E-state index in [0.29, 0.717) is 23.4 Å². The molecule has 0 aliphatic heterocycles. The van der Waals surface area contributed by atoms with E-state index in [4.69, 9.17) is 8.94 Å². The highest BCUT2D eigenvalue weighted by Crippen LogP contribution is 2.33. The Hall–Kier alpha value is -2.43. The Morgan fingerprint density at radius 2 is 1.90 bits per heavy atom. The fraction of sp³-hybridized carbons (Fsp3) is 0.312. The third kappa shape index (κ3) is 2.14. The molecule has 0 saturated carbocycles. The predicted octanol–water partition coefficient (Wildman–Crippen LogP) is 3.52. The number of nitrogens with zero attached hydrogens (tertiary/aromatic N) is 3. The molecule has 0 saturated heterocycles. The highest BCUT2D eigenvalue weighted by Gasteiger charge is 2.27. The Kier molecular flexibility index (Phi) is 2.84. The molecule has 2 aromatic heterocycles. The maximum atomic E-state index is 5.77. The smallest absolute Gasteiger partial charge is 0.270 e. The van der Waals surface area contributed by atoms with Gasteiger partial charge in [-0.2, -0.15) is 0 Å². The zero-order valence-corrected chi connectivity index (χ0v) is 11.7. The van der Waals surface area contributed by atoms with Gasteiger partial charge in [0.05, 0.1) is 0 Å². The number of benzene rings is 1. The van der Waals surface area contributed by atoms with Crippen molar-refractivity contribution in [2.75, 3.05) is 0 Å².